The monoisotopic (exact) mass is 341 g/mol. The summed E-state index contributed by atoms with van der Waals surface area (Å²) in [5.41, 5.74) is 3.30. The maximum absolute atomic E-state index is 10.5. The smallest absolute Gasteiger partial charge is 0.269 e. The molecule has 2 aromatic carbocycles. The first kappa shape index (κ1) is 15.9. The lowest BCUT2D eigenvalue weighted by atomic mass is 10.2. The molecule has 3 N–H and O–H groups in total. The van der Waals surface area contributed by atoms with Crippen molar-refractivity contribution in [2.75, 3.05) is 5.43 Å². The van der Waals surface area contributed by atoms with E-state index in [0.29, 0.717) is 5.69 Å². The van der Waals surface area contributed by atoms with Crippen molar-refractivity contribution in [2.24, 2.45) is 5.10 Å². The van der Waals surface area contributed by atoms with E-state index in [1.54, 1.807) is 0 Å². The number of hydrogen-bond acceptors (Lipinski definition) is 6. The first-order valence-corrected chi connectivity index (χ1v) is 6.59. The molecule has 9 heteroatoms. The number of nitrogens with zero attached hydrogens (tertiary/aromatic N) is 2. The number of non-ortho nitro benzene ring substituents is 1. The Morgan fingerprint density at radius 1 is 1.18 bits per heavy atom. The Balaban J connectivity index is 2.14. The molecule has 0 fully saturated rings. The molecular formula is C13H9Cl2N3O4. The fraction of sp³-hybridized carbons (Fsp3) is 0. The molecule has 0 saturated carbocycles. The average Bonchev–Trinajstić information content (AvgIpc) is 2.50. The summed E-state index contributed by atoms with van der Waals surface area (Å²) in [5.74, 6) is -0.779. The number of benzene rings is 2. The van der Waals surface area contributed by atoms with Crippen molar-refractivity contribution in [3.63, 3.8) is 0 Å². The van der Waals surface area contributed by atoms with E-state index in [1.807, 2.05) is 0 Å². The molecule has 0 saturated heterocycles. The molecule has 0 unspecified atom stereocenters. The van der Waals surface area contributed by atoms with Crippen LogP contribution >= 0.6 is 23.2 Å². The van der Waals surface area contributed by atoms with E-state index < -0.39 is 10.7 Å². The van der Waals surface area contributed by atoms with Gasteiger partial charge < -0.3 is 10.2 Å². The van der Waals surface area contributed by atoms with Gasteiger partial charge in [-0.05, 0) is 18.2 Å². The van der Waals surface area contributed by atoms with Gasteiger partial charge >= 0.3 is 0 Å². The summed E-state index contributed by atoms with van der Waals surface area (Å²) < 4.78 is 0. The fourth-order valence-electron chi connectivity index (χ4n) is 1.55. The fourth-order valence-corrected chi connectivity index (χ4v) is 2.02. The largest absolute Gasteiger partial charge is 0.506 e. The highest BCUT2D eigenvalue weighted by atomic mass is 35.5. The molecule has 0 heterocycles. The van der Waals surface area contributed by atoms with Crippen molar-refractivity contribution in [2.45, 2.75) is 0 Å². The van der Waals surface area contributed by atoms with Crippen LogP contribution < -0.4 is 5.43 Å². The van der Waals surface area contributed by atoms with Crippen molar-refractivity contribution >= 4 is 40.8 Å². The topological polar surface area (TPSA) is 108 Å². The lowest BCUT2D eigenvalue weighted by Crippen LogP contribution is -1.93. The number of aromatic hydroxyl groups is 2. The van der Waals surface area contributed by atoms with E-state index in [9.17, 15) is 20.3 Å². The molecule has 0 bridgehead atoms. The minimum atomic E-state index is -0.508. The molecule has 0 radical (unpaired) electrons. The molecule has 0 atom stereocenters. The van der Waals surface area contributed by atoms with Crippen LogP contribution in [-0.4, -0.2) is 21.4 Å². The minimum Gasteiger partial charge on any atom is -0.506 e. The van der Waals surface area contributed by atoms with Crippen LogP contribution in [0.2, 0.25) is 10.0 Å². The van der Waals surface area contributed by atoms with Gasteiger partial charge in [0.15, 0.2) is 5.75 Å². The molecule has 0 aliphatic rings. The molecule has 7 nitrogen and oxygen atoms in total. The zero-order valence-corrected chi connectivity index (χ0v) is 12.3. The zero-order chi connectivity index (χ0) is 16.3. The van der Waals surface area contributed by atoms with Gasteiger partial charge in [-0.25, -0.2) is 0 Å². The number of phenols is 2. The summed E-state index contributed by atoms with van der Waals surface area (Å²) in [6.45, 7) is 0. The Morgan fingerprint density at radius 3 is 2.41 bits per heavy atom. The Morgan fingerprint density at radius 2 is 1.82 bits per heavy atom. The second kappa shape index (κ2) is 6.50. The highest BCUT2D eigenvalue weighted by molar-refractivity contribution is 6.38. The van der Waals surface area contributed by atoms with Gasteiger partial charge in [0.25, 0.3) is 5.69 Å². The third kappa shape index (κ3) is 3.38. The first-order chi connectivity index (χ1) is 10.4. The number of halogens is 2. The predicted octanol–water partition coefficient (Wildman–Crippen LogP) is 3.76. The van der Waals surface area contributed by atoms with Crippen molar-refractivity contribution in [1.29, 1.82) is 0 Å². The van der Waals surface area contributed by atoms with Crippen LogP contribution in [0, 0.1) is 10.1 Å². The van der Waals surface area contributed by atoms with E-state index in [4.69, 9.17) is 23.2 Å². The van der Waals surface area contributed by atoms with Crippen molar-refractivity contribution < 1.29 is 15.1 Å². The first-order valence-electron chi connectivity index (χ1n) is 5.83. The highest BCUT2D eigenvalue weighted by Gasteiger charge is 2.13. The van der Waals surface area contributed by atoms with Crippen LogP contribution in [-0.2, 0) is 0 Å². The maximum atomic E-state index is 10.5. The Kier molecular flexibility index (Phi) is 4.69. The van der Waals surface area contributed by atoms with Crippen molar-refractivity contribution in [3.05, 3.63) is 56.1 Å². The van der Waals surface area contributed by atoms with E-state index in [0.717, 1.165) is 0 Å². The van der Waals surface area contributed by atoms with E-state index in [2.05, 4.69) is 10.5 Å². The number of hydrazone groups is 1. The number of hydrogen-bond donors (Lipinski definition) is 3. The number of nitrogens with one attached hydrogen (secondary N) is 1. The standard InChI is InChI=1S/C13H9Cl2N3O4/c14-10-5-7(12(19)11(15)13(10)20)6-16-17-8-1-3-9(4-2-8)18(21)22/h1-6,17,19-20H/b16-6+. The van der Waals surface area contributed by atoms with Crippen LogP contribution in [0.3, 0.4) is 0 Å². The van der Waals surface area contributed by atoms with Gasteiger partial charge in [0.05, 0.1) is 21.8 Å². The van der Waals surface area contributed by atoms with Gasteiger partial charge in [0, 0.05) is 17.7 Å². The molecule has 0 aliphatic heterocycles. The number of phenolic OH excluding ortho intramolecular Hbond substituents is 2. The number of nitro groups is 1. The second-order valence-corrected chi connectivity index (χ2v) is 4.92. The third-order valence-electron chi connectivity index (χ3n) is 2.67. The molecular weight excluding hydrogens is 333 g/mol. The summed E-state index contributed by atoms with van der Waals surface area (Å²) in [5, 5.41) is 33.3. The van der Waals surface area contributed by atoms with Crippen LogP contribution in [0.15, 0.2) is 35.4 Å². The van der Waals surface area contributed by atoms with Crippen LogP contribution in [0.4, 0.5) is 11.4 Å². The highest BCUT2D eigenvalue weighted by Crippen LogP contribution is 2.40. The molecule has 22 heavy (non-hydrogen) atoms. The van der Waals surface area contributed by atoms with Gasteiger partial charge in [-0.15, -0.1) is 0 Å². The van der Waals surface area contributed by atoms with Crippen LogP contribution in [0.25, 0.3) is 0 Å². The lowest BCUT2D eigenvalue weighted by Gasteiger charge is -2.06. The van der Waals surface area contributed by atoms with Gasteiger partial charge in [-0.3, -0.25) is 15.5 Å². The molecule has 0 aliphatic carbocycles. The zero-order valence-electron chi connectivity index (χ0n) is 10.8. The molecule has 0 aromatic heterocycles. The summed E-state index contributed by atoms with van der Waals surface area (Å²) >= 11 is 11.4. The molecule has 0 amide bonds. The SMILES string of the molecule is O=[N+]([O-])c1ccc(N/N=C/c2cc(Cl)c(O)c(Cl)c2O)cc1. The van der Waals surface area contributed by atoms with Gasteiger partial charge in [0.2, 0.25) is 0 Å². The molecule has 2 rings (SSSR count). The van der Waals surface area contributed by atoms with E-state index in [-0.39, 0.29) is 27.0 Å². The predicted molar refractivity (Wildman–Crippen MR) is 84.1 cm³/mol. The van der Waals surface area contributed by atoms with Gasteiger partial charge in [-0.1, -0.05) is 23.2 Å². The number of nitro benzene ring substituents is 1. The van der Waals surface area contributed by atoms with Crippen LogP contribution in [0.5, 0.6) is 11.5 Å². The number of anilines is 1. The van der Waals surface area contributed by atoms with Crippen LogP contribution in [0.1, 0.15) is 5.56 Å². The van der Waals surface area contributed by atoms with E-state index in [1.165, 1.54) is 36.5 Å². The molecule has 2 aromatic rings. The van der Waals surface area contributed by atoms with Crippen molar-refractivity contribution in [1.82, 2.24) is 0 Å². The summed E-state index contributed by atoms with van der Waals surface area (Å²) in [6.07, 6.45) is 1.24. The van der Waals surface area contributed by atoms with Crippen molar-refractivity contribution in [3.8, 4) is 11.5 Å². The molecule has 114 valence electrons. The average molecular weight is 342 g/mol. The normalized spacial score (nSPS) is 10.8. The minimum absolute atomic E-state index is 0.0282. The molecule has 0 spiro atoms. The summed E-state index contributed by atoms with van der Waals surface area (Å²) in [7, 11) is 0. The Bertz CT molecular complexity index is 748. The summed E-state index contributed by atoms with van der Waals surface area (Å²) in [4.78, 5) is 10.0. The Hall–Kier alpha value is -2.51. The Labute approximate surface area is 134 Å². The van der Waals surface area contributed by atoms with Gasteiger partial charge in [-0.2, -0.15) is 5.10 Å². The summed E-state index contributed by atoms with van der Waals surface area (Å²) in [6, 6.07) is 6.89. The third-order valence-corrected chi connectivity index (χ3v) is 3.32. The second-order valence-electron chi connectivity index (χ2n) is 4.13. The van der Waals surface area contributed by atoms with E-state index >= 15 is 0 Å². The maximum Gasteiger partial charge on any atom is 0.269 e. The number of rotatable bonds is 4. The quantitative estimate of drug-likeness (QED) is 0.445. The van der Waals surface area contributed by atoms with Gasteiger partial charge in [0.1, 0.15) is 10.8 Å². The lowest BCUT2D eigenvalue weighted by molar-refractivity contribution is -0.384.